The SMILES string of the molecule is O=C(O)c1coc(CS(=O)c2cccc(F)c2)c1. The van der Waals surface area contributed by atoms with Gasteiger partial charge >= 0.3 is 5.97 Å². The third-order valence-corrected chi connectivity index (χ3v) is 3.56. The molecule has 94 valence electrons. The Morgan fingerprint density at radius 2 is 2.17 bits per heavy atom. The van der Waals surface area contributed by atoms with Gasteiger partial charge in [0.2, 0.25) is 0 Å². The number of aromatic carboxylic acids is 1. The van der Waals surface area contributed by atoms with Gasteiger partial charge in [0.1, 0.15) is 17.8 Å². The number of furan rings is 1. The molecule has 4 nitrogen and oxygen atoms in total. The Bertz CT molecular complexity index is 606. The molecule has 0 spiro atoms. The van der Waals surface area contributed by atoms with E-state index in [1.165, 1.54) is 24.3 Å². The lowest BCUT2D eigenvalue weighted by Crippen LogP contribution is -1.96. The van der Waals surface area contributed by atoms with Gasteiger partial charge in [-0.2, -0.15) is 0 Å². The molecular weight excluding hydrogens is 259 g/mol. The third kappa shape index (κ3) is 2.84. The van der Waals surface area contributed by atoms with E-state index in [0.29, 0.717) is 4.90 Å². The molecule has 0 radical (unpaired) electrons. The summed E-state index contributed by atoms with van der Waals surface area (Å²) in [5.74, 6) is -1.28. The molecule has 0 bridgehead atoms. The van der Waals surface area contributed by atoms with Crippen LogP contribution in [0.25, 0.3) is 0 Å². The maximum atomic E-state index is 12.9. The van der Waals surface area contributed by atoms with E-state index in [1.807, 2.05) is 0 Å². The Labute approximate surface area is 105 Å². The molecule has 0 fully saturated rings. The molecule has 1 N–H and O–H groups in total. The van der Waals surface area contributed by atoms with Gasteiger partial charge in [-0.25, -0.2) is 9.18 Å². The summed E-state index contributed by atoms with van der Waals surface area (Å²) < 4.78 is 29.8. The second-order valence-electron chi connectivity index (χ2n) is 3.55. The normalized spacial score (nSPS) is 12.3. The lowest BCUT2D eigenvalue weighted by Gasteiger charge is -1.99. The molecule has 6 heteroatoms. The summed E-state index contributed by atoms with van der Waals surface area (Å²) >= 11 is 0. The Morgan fingerprint density at radius 1 is 1.39 bits per heavy atom. The number of hydrogen-bond acceptors (Lipinski definition) is 3. The fraction of sp³-hybridized carbons (Fsp3) is 0.0833. The molecule has 1 atom stereocenters. The zero-order valence-corrected chi connectivity index (χ0v) is 9.95. The summed E-state index contributed by atoms with van der Waals surface area (Å²) in [4.78, 5) is 11.0. The lowest BCUT2D eigenvalue weighted by atomic mass is 10.3. The highest BCUT2D eigenvalue weighted by Crippen LogP contribution is 2.15. The number of hydrogen-bond donors (Lipinski definition) is 1. The van der Waals surface area contributed by atoms with Gasteiger partial charge < -0.3 is 9.52 Å². The average molecular weight is 268 g/mol. The standard InChI is InChI=1S/C12H9FO4S/c13-9-2-1-3-11(5-9)18(16)7-10-4-8(6-17-10)12(14)15/h1-6H,7H2,(H,14,15). The minimum absolute atomic E-state index is 0.00115. The van der Waals surface area contributed by atoms with Gasteiger partial charge in [-0.1, -0.05) is 6.07 Å². The summed E-state index contributed by atoms with van der Waals surface area (Å²) in [5, 5.41) is 8.70. The van der Waals surface area contributed by atoms with E-state index in [2.05, 4.69) is 0 Å². The molecule has 0 amide bonds. The second-order valence-corrected chi connectivity index (χ2v) is 5.01. The molecule has 0 aliphatic heterocycles. The molecule has 1 aromatic heterocycles. The molecule has 0 saturated carbocycles. The minimum atomic E-state index is -1.47. The highest BCUT2D eigenvalue weighted by molar-refractivity contribution is 7.84. The summed E-state index contributed by atoms with van der Waals surface area (Å²) in [7, 11) is -1.47. The molecule has 2 aromatic rings. The quantitative estimate of drug-likeness (QED) is 0.924. The van der Waals surface area contributed by atoms with Crippen molar-refractivity contribution in [3.8, 4) is 0 Å². The van der Waals surface area contributed by atoms with Crippen LogP contribution in [0.15, 0.2) is 45.9 Å². The van der Waals surface area contributed by atoms with E-state index < -0.39 is 22.6 Å². The van der Waals surface area contributed by atoms with Gasteiger partial charge in [-0.05, 0) is 24.3 Å². The highest BCUT2D eigenvalue weighted by Gasteiger charge is 2.12. The average Bonchev–Trinajstić information content (AvgIpc) is 2.77. The van der Waals surface area contributed by atoms with Gasteiger partial charge in [-0.15, -0.1) is 0 Å². The molecule has 0 saturated heterocycles. The number of carboxylic acids is 1. The zero-order valence-electron chi connectivity index (χ0n) is 9.13. The van der Waals surface area contributed by atoms with E-state index in [9.17, 15) is 13.4 Å². The van der Waals surface area contributed by atoms with Crippen LogP contribution in [0, 0.1) is 5.82 Å². The van der Waals surface area contributed by atoms with Crippen LogP contribution in [-0.4, -0.2) is 15.3 Å². The number of carboxylic acid groups (broad SMARTS) is 1. The Hall–Kier alpha value is -1.95. The smallest absolute Gasteiger partial charge is 0.338 e. The van der Waals surface area contributed by atoms with E-state index in [-0.39, 0.29) is 17.1 Å². The molecule has 0 aliphatic rings. The zero-order chi connectivity index (χ0) is 13.1. The van der Waals surface area contributed by atoms with Gasteiger partial charge in [0.15, 0.2) is 0 Å². The Kier molecular flexibility index (Phi) is 3.57. The summed E-state index contributed by atoms with van der Waals surface area (Å²) in [6.07, 6.45) is 1.08. The molecule has 1 aromatic carbocycles. The van der Waals surface area contributed by atoms with E-state index in [0.717, 1.165) is 6.26 Å². The first-order valence-corrected chi connectivity index (χ1v) is 6.33. The molecule has 0 aliphatic carbocycles. The van der Waals surface area contributed by atoms with Gasteiger partial charge in [-0.3, -0.25) is 4.21 Å². The predicted octanol–water partition coefficient (Wildman–Crippen LogP) is 2.42. The number of halogens is 1. The van der Waals surface area contributed by atoms with Crippen molar-refractivity contribution in [3.05, 3.63) is 53.7 Å². The Balaban J connectivity index is 2.13. The summed E-state index contributed by atoms with van der Waals surface area (Å²) in [6, 6.07) is 6.75. The van der Waals surface area contributed by atoms with E-state index >= 15 is 0 Å². The number of rotatable bonds is 4. The van der Waals surface area contributed by atoms with Gasteiger partial charge in [0.05, 0.1) is 22.1 Å². The third-order valence-electron chi connectivity index (χ3n) is 2.23. The second kappa shape index (κ2) is 5.14. The molecular formula is C12H9FO4S. The fourth-order valence-electron chi connectivity index (χ4n) is 1.39. The molecule has 1 unspecified atom stereocenters. The number of carbonyl (C=O) groups is 1. The maximum Gasteiger partial charge on any atom is 0.338 e. The first-order chi connectivity index (χ1) is 8.56. The summed E-state index contributed by atoms with van der Waals surface area (Å²) in [6.45, 7) is 0. The van der Waals surface area contributed by atoms with Crippen molar-refractivity contribution in [2.75, 3.05) is 0 Å². The number of benzene rings is 1. The van der Waals surface area contributed by atoms with Crippen molar-refractivity contribution in [1.29, 1.82) is 0 Å². The van der Waals surface area contributed by atoms with Crippen LogP contribution in [0.1, 0.15) is 16.1 Å². The monoisotopic (exact) mass is 268 g/mol. The van der Waals surface area contributed by atoms with Crippen molar-refractivity contribution >= 4 is 16.8 Å². The van der Waals surface area contributed by atoms with Crippen LogP contribution >= 0.6 is 0 Å². The fourth-order valence-corrected chi connectivity index (χ4v) is 2.44. The summed E-state index contributed by atoms with van der Waals surface area (Å²) in [5.41, 5.74) is 0.00115. The van der Waals surface area contributed by atoms with Crippen molar-refractivity contribution in [1.82, 2.24) is 0 Å². The van der Waals surface area contributed by atoms with Crippen LogP contribution in [0.2, 0.25) is 0 Å². The topological polar surface area (TPSA) is 67.5 Å². The largest absolute Gasteiger partial charge is 0.478 e. The van der Waals surface area contributed by atoms with E-state index in [1.54, 1.807) is 6.07 Å². The first-order valence-electron chi connectivity index (χ1n) is 5.01. The van der Waals surface area contributed by atoms with Crippen molar-refractivity contribution in [2.24, 2.45) is 0 Å². The lowest BCUT2D eigenvalue weighted by molar-refractivity contribution is 0.0696. The van der Waals surface area contributed by atoms with Crippen LogP contribution in [0.3, 0.4) is 0 Å². The van der Waals surface area contributed by atoms with Crippen LogP contribution < -0.4 is 0 Å². The van der Waals surface area contributed by atoms with E-state index in [4.69, 9.17) is 9.52 Å². The van der Waals surface area contributed by atoms with Crippen LogP contribution in [-0.2, 0) is 16.6 Å². The predicted molar refractivity (Wildman–Crippen MR) is 62.2 cm³/mol. The Morgan fingerprint density at radius 3 is 2.78 bits per heavy atom. The maximum absolute atomic E-state index is 12.9. The van der Waals surface area contributed by atoms with Crippen molar-refractivity contribution < 1.29 is 22.9 Å². The van der Waals surface area contributed by atoms with Gasteiger partial charge in [0.25, 0.3) is 0 Å². The van der Waals surface area contributed by atoms with Crippen LogP contribution in [0.4, 0.5) is 4.39 Å². The van der Waals surface area contributed by atoms with Crippen LogP contribution in [0.5, 0.6) is 0 Å². The van der Waals surface area contributed by atoms with Gasteiger partial charge in [0, 0.05) is 4.90 Å². The minimum Gasteiger partial charge on any atom is -0.478 e. The van der Waals surface area contributed by atoms with Crippen molar-refractivity contribution in [3.63, 3.8) is 0 Å². The first kappa shape index (κ1) is 12.5. The molecule has 2 rings (SSSR count). The molecule has 1 heterocycles. The highest BCUT2D eigenvalue weighted by atomic mass is 32.2. The van der Waals surface area contributed by atoms with Crippen molar-refractivity contribution in [2.45, 2.75) is 10.6 Å². The molecule has 18 heavy (non-hydrogen) atoms.